The van der Waals surface area contributed by atoms with Crippen LogP contribution in [0.1, 0.15) is 74.8 Å². The van der Waals surface area contributed by atoms with Crippen LogP contribution < -0.4 is 10.0 Å². The summed E-state index contributed by atoms with van der Waals surface area (Å²) in [5, 5.41) is 3.04. The van der Waals surface area contributed by atoms with E-state index in [2.05, 4.69) is 10.0 Å². The van der Waals surface area contributed by atoms with Crippen molar-refractivity contribution in [2.24, 2.45) is 5.92 Å². The lowest BCUT2D eigenvalue weighted by Crippen LogP contribution is -2.30. The molecular weight excluding hydrogens is 446 g/mol. The molecule has 0 aliphatic heterocycles. The molecule has 5 nitrogen and oxygen atoms in total. The molecule has 0 aromatic heterocycles. The van der Waals surface area contributed by atoms with E-state index in [0.717, 1.165) is 17.4 Å². The van der Waals surface area contributed by atoms with Gasteiger partial charge < -0.3 is 5.32 Å². The van der Waals surface area contributed by atoms with Crippen molar-refractivity contribution in [3.05, 3.63) is 64.2 Å². The molecule has 3 rings (SSSR count). The minimum atomic E-state index is -3.38. The van der Waals surface area contributed by atoms with Crippen LogP contribution in [0.4, 0.5) is 14.5 Å². The number of nitrogens with one attached hydrogen (secondary N) is 2. The van der Waals surface area contributed by atoms with Crippen molar-refractivity contribution < 1.29 is 22.0 Å². The molecule has 180 valence electrons. The Morgan fingerprint density at radius 1 is 1.15 bits per heavy atom. The average Bonchev–Trinajstić information content (AvgIpc) is 3.46. The first-order valence-electron chi connectivity index (χ1n) is 11.1. The van der Waals surface area contributed by atoms with Crippen LogP contribution in [-0.2, 0) is 20.2 Å². The molecule has 0 heterocycles. The summed E-state index contributed by atoms with van der Waals surface area (Å²) in [7, 11) is -3.38. The number of aryl methyl sites for hydroxylation is 1. The first-order chi connectivity index (χ1) is 15.2. The van der Waals surface area contributed by atoms with E-state index in [1.165, 1.54) is 12.1 Å². The Labute approximate surface area is 195 Å². The number of benzene rings is 2. The summed E-state index contributed by atoms with van der Waals surface area (Å²) in [6.45, 7) is 9.03. The molecule has 0 saturated heterocycles. The molecule has 0 bridgehead atoms. The van der Waals surface area contributed by atoms with E-state index in [4.69, 9.17) is 0 Å². The Morgan fingerprint density at radius 3 is 2.24 bits per heavy atom. The molecule has 1 aliphatic rings. The zero-order valence-corrected chi connectivity index (χ0v) is 20.7. The second kappa shape index (κ2) is 9.05. The maximum Gasteiger partial charge on any atom is 0.229 e. The number of anilines is 1. The minimum Gasteiger partial charge on any atom is -0.349 e. The maximum atomic E-state index is 14.6. The smallest absolute Gasteiger partial charge is 0.229 e. The van der Waals surface area contributed by atoms with Crippen LogP contribution in [0.3, 0.4) is 0 Å². The zero-order valence-electron chi connectivity index (χ0n) is 19.9. The molecule has 2 aromatic rings. The van der Waals surface area contributed by atoms with Crippen molar-refractivity contribution in [3.8, 4) is 0 Å². The van der Waals surface area contributed by atoms with Crippen LogP contribution in [-0.4, -0.2) is 20.6 Å². The van der Waals surface area contributed by atoms with Gasteiger partial charge >= 0.3 is 0 Å². The highest BCUT2D eigenvalue weighted by Gasteiger charge is 2.45. The number of halogens is 2. The van der Waals surface area contributed by atoms with E-state index >= 15 is 0 Å². The fourth-order valence-corrected chi connectivity index (χ4v) is 4.92. The topological polar surface area (TPSA) is 75.3 Å². The molecule has 1 amide bonds. The maximum absolute atomic E-state index is 14.6. The number of sulfonamides is 1. The van der Waals surface area contributed by atoms with Crippen LogP contribution in [0.5, 0.6) is 0 Å². The monoisotopic (exact) mass is 478 g/mol. The zero-order chi connectivity index (χ0) is 24.7. The SMILES string of the molecule is CC[C@@H](NC(=O)[C@@H]1C[C@@H]1c1cc(F)c(C(C)(C)C)c(F)c1)c1ccc(NS(C)(=O)=O)c(C)c1. The Kier molecular flexibility index (Phi) is 6.89. The van der Waals surface area contributed by atoms with Crippen molar-refractivity contribution in [1.29, 1.82) is 0 Å². The number of rotatable bonds is 7. The van der Waals surface area contributed by atoms with E-state index in [-0.39, 0.29) is 29.3 Å². The summed E-state index contributed by atoms with van der Waals surface area (Å²) in [5.41, 5.74) is 2.03. The fourth-order valence-electron chi connectivity index (χ4n) is 4.29. The summed E-state index contributed by atoms with van der Waals surface area (Å²) in [4.78, 5) is 12.9. The second-order valence-corrected chi connectivity index (χ2v) is 11.7. The quantitative estimate of drug-likeness (QED) is 0.566. The van der Waals surface area contributed by atoms with Gasteiger partial charge in [-0.3, -0.25) is 9.52 Å². The summed E-state index contributed by atoms with van der Waals surface area (Å²) in [6, 6.07) is 7.79. The Balaban J connectivity index is 1.71. The van der Waals surface area contributed by atoms with Gasteiger partial charge in [0.25, 0.3) is 0 Å². The third kappa shape index (κ3) is 5.91. The van der Waals surface area contributed by atoms with Crippen LogP contribution >= 0.6 is 0 Å². The fraction of sp³-hybridized carbons (Fsp3) is 0.480. The van der Waals surface area contributed by atoms with E-state index in [1.807, 2.05) is 13.0 Å². The molecule has 2 N–H and O–H groups in total. The molecule has 33 heavy (non-hydrogen) atoms. The minimum absolute atomic E-state index is 0.0585. The lowest BCUT2D eigenvalue weighted by Gasteiger charge is -2.21. The predicted molar refractivity (Wildman–Crippen MR) is 127 cm³/mol. The summed E-state index contributed by atoms with van der Waals surface area (Å²) >= 11 is 0. The van der Waals surface area contributed by atoms with Gasteiger partial charge in [-0.15, -0.1) is 0 Å². The van der Waals surface area contributed by atoms with Crippen LogP contribution in [0.15, 0.2) is 30.3 Å². The summed E-state index contributed by atoms with van der Waals surface area (Å²) in [5.74, 6) is -1.83. The van der Waals surface area contributed by atoms with Crippen molar-refractivity contribution >= 4 is 21.6 Å². The number of carbonyl (C=O) groups is 1. The highest BCUT2D eigenvalue weighted by molar-refractivity contribution is 7.92. The van der Waals surface area contributed by atoms with Gasteiger partial charge in [0, 0.05) is 11.5 Å². The van der Waals surface area contributed by atoms with Crippen LogP contribution in [0.25, 0.3) is 0 Å². The van der Waals surface area contributed by atoms with Gasteiger partial charge in [-0.1, -0.05) is 39.8 Å². The Bertz CT molecular complexity index is 1150. The lowest BCUT2D eigenvalue weighted by atomic mass is 9.85. The third-order valence-corrected chi connectivity index (χ3v) is 6.63. The van der Waals surface area contributed by atoms with Crippen molar-refractivity contribution in [3.63, 3.8) is 0 Å². The molecule has 1 aliphatic carbocycles. The van der Waals surface area contributed by atoms with Gasteiger partial charge in [-0.25, -0.2) is 17.2 Å². The molecule has 0 spiro atoms. The third-order valence-electron chi connectivity index (χ3n) is 6.04. The number of hydrogen-bond acceptors (Lipinski definition) is 3. The van der Waals surface area contributed by atoms with Crippen LogP contribution in [0.2, 0.25) is 0 Å². The average molecular weight is 479 g/mol. The first kappa shape index (κ1) is 25.1. The van der Waals surface area contributed by atoms with Gasteiger partial charge in [-0.05, 0) is 66.0 Å². The molecule has 1 fully saturated rings. The molecular formula is C25H32F2N2O3S. The van der Waals surface area contributed by atoms with Gasteiger partial charge in [0.05, 0.1) is 18.0 Å². The lowest BCUT2D eigenvalue weighted by molar-refractivity contribution is -0.123. The van der Waals surface area contributed by atoms with Crippen molar-refractivity contribution in [2.75, 3.05) is 11.0 Å². The van der Waals surface area contributed by atoms with Gasteiger partial charge in [-0.2, -0.15) is 0 Å². The van der Waals surface area contributed by atoms with E-state index in [1.54, 1.807) is 39.8 Å². The molecule has 0 radical (unpaired) electrons. The highest BCUT2D eigenvalue weighted by atomic mass is 32.2. The highest BCUT2D eigenvalue weighted by Crippen LogP contribution is 2.49. The number of carbonyl (C=O) groups excluding carboxylic acids is 1. The normalized spacial score (nSPS) is 19.2. The molecule has 2 aromatic carbocycles. The second-order valence-electron chi connectivity index (χ2n) is 9.98. The summed E-state index contributed by atoms with van der Waals surface area (Å²) < 4.78 is 54.7. The van der Waals surface area contributed by atoms with E-state index < -0.39 is 27.1 Å². The molecule has 1 saturated carbocycles. The first-order valence-corrected chi connectivity index (χ1v) is 13.0. The van der Waals surface area contributed by atoms with Crippen LogP contribution in [0, 0.1) is 24.5 Å². The number of amides is 1. The predicted octanol–water partition coefficient (Wildman–Crippen LogP) is 5.31. The standard InChI is InChI=1S/C25H32F2N2O3S/c1-7-21(15-8-9-22(14(2)10-15)29-33(6,31)32)28-24(30)18-13-17(18)16-11-19(26)23(20(27)12-16)25(3,4)5/h8-12,17-18,21,29H,7,13H2,1-6H3,(H,28,30)/t17-,18-,21-/m1/s1. The largest absolute Gasteiger partial charge is 0.349 e. The molecule has 3 atom stereocenters. The van der Waals surface area contributed by atoms with E-state index in [9.17, 15) is 22.0 Å². The number of hydrogen-bond donors (Lipinski definition) is 2. The van der Waals surface area contributed by atoms with Crippen molar-refractivity contribution in [1.82, 2.24) is 5.32 Å². The van der Waals surface area contributed by atoms with Gasteiger partial charge in [0.2, 0.25) is 15.9 Å². The Hall–Kier alpha value is -2.48. The van der Waals surface area contributed by atoms with Crippen molar-refractivity contribution in [2.45, 2.75) is 64.8 Å². The van der Waals surface area contributed by atoms with Gasteiger partial charge in [0.15, 0.2) is 0 Å². The summed E-state index contributed by atoms with van der Waals surface area (Å²) in [6.07, 6.45) is 2.28. The molecule has 0 unspecified atom stereocenters. The van der Waals surface area contributed by atoms with E-state index in [0.29, 0.717) is 24.1 Å². The van der Waals surface area contributed by atoms with Gasteiger partial charge in [0.1, 0.15) is 11.6 Å². The molecule has 8 heteroatoms. The Morgan fingerprint density at radius 2 is 1.76 bits per heavy atom.